The second-order valence-corrected chi connectivity index (χ2v) is 7.21. The van der Waals surface area contributed by atoms with E-state index >= 15 is 0 Å². The molecule has 0 aromatic carbocycles. The third kappa shape index (κ3) is 0.683. The number of allylic oxidation sites excluding steroid dienone is 1. The van der Waals surface area contributed by atoms with Crippen LogP contribution in [0.2, 0.25) is 0 Å². The van der Waals surface area contributed by atoms with Crippen LogP contribution in [0.15, 0.2) is 11.8 Å². The minimum Gasteiger partial charge on any atom is -0.501 e. The Hall–Kier alpha value is -1.89. The fourth-order valence-electron chi connectivity index (χ4n) is 6.29. The molecule has 7 heteroatoms. The molecule has 6 unspecified atom stereocenters. The maximum absolute atomic E-state index is 12.9. The Balaban J connectivity index is 1.96. The van der Waals surface area contributed by atoms with E-state index in [0.717, 1.165) is 0 Å². The molecule has 1 N–H and O–H groups in total. The molecule has 5 bridgehead atoms. The summed E-state index contributed by atoms with van der Waals surface area (Å²) in [5.74, 6) is -2.85. The van der Waals surface area contributed by atoms with Gasteiger partial charge in [0.1, 0.15) is 5.76 Å². The lowest BCUT2D eigenvalue weighted by Gasteiger charge is -2.43. The Morgan fingerprint density at radius 1 is 1.23 bits per heavy atom. The Bertz CT molecular complexity index is 740. The van der Waals surface area contributed by atoms with Gasteiger partial charge in [0.2, 0.25) is 11.4 Å². The molecule has 0 amide bonds. The zero-order valence-electron chi connectivity index (χ0n) is 12.2. The molecule has 5 aliphatic rings. The number of esters is 2. The second kappa shape index (κ2) is 2.82. The quantitative estimate of drug-likeness (QED) is 0.641. The molecular formula is C15H14O7. The van der Waals surface area contributed by atoms with Crippen LogP contribution < -0.4 is 0 Å². The van der Waals surface area contributed by atoms with Crippen molar-refractivity contribution in [1.82, 2.24) is 0 Å². The van der Waals surface area contributed by atoms with E-state index in [1.165, 1.54) is 13.2 Å². The van der Waals surface area contributed by atoms with Gasteiger partial charge in [0.05, 0.1) is 23.9 Å². The molecule has 22 heavy (non-hydrogen) atoms. The first kappa shape index (κ1) is 12.6. The summed E-state index contributed by atoms with van der Waals surface area (Å²) in [4.78, 5) is 37.7. The van der Waals surface area contributed by atoms with Crippen molar-refractivity contribution >= 4 is 17.7 Å². The number of hydrogen-bond acceptors (Lipinski definition) is 7. The van der Waals surface area contributed by atoms with Gasteiger partial charge in [-0.1, -0.05) is 13.8 Å². The van der Waals surface area contributed by atoms with Gasteiger partial charge in [-0.2, -0.15) is 0 Å². The third-order valence-electron chi connectivity index (χ3n) is 7.01. The highest BCUT2D eigenvalue weighted by Gasteiger charge is 3.03. The molecule has 7 atom stereocenters. The van der Waals surface area contributed by atoms with Gasteiger partial charge < -0.3 is 19.3 Å². The number of fused-ring (bicyclic) bond motifs is 2. The average molecular weight is 306 g/mol. The smallest absolute Gasteiger partial charge is 0.343 e. The number of carbonyl (C=O) groups excluding carboxylic acids is 3. The van der Waals surface area contributed by atoms with Gasteiger partial charge >= 0.3 is 11.9 Å². The number of rotatable bonds is 1. The fourth-order valence-corrected chi connectivity index (χ4v) is 6.29. The predicted octanol–water partition coefficient (Wildman–Crippen LogP) is -0.676. The SMILES string of the molecule is COC1=CC(=O)C23OC(=O)[C@@]4(O)C5OC(=O)C(C1C24C)C53C. The Morgan fingerprint density at radius 3 is 2.55 bits per heavy atom. The molecule has 3 aliphatic carbocycles. The zero-order valence-corrected chi connectivity index (χ0v) is 12.2. The van der Waals surface area contributed by atoms with Crippen molar-refractivity contribution in [3.63, 3.8) is 0 Å². The van der Waals surface area contributed by atoms with E-state index in [1.807, 2.05) is 0 Å². The van der Waals surface area contributed by atoms with Gasteiger partial charge in [0.25, 0.3) is 0 Å². The standard InChI is InChI=1S/C15H14O7/c1-12-8-7-5(20-3)4-6(16)15(12)13(7,2)14(19,11(18)22-15)10(12)21-9(8)17/h4,7-8,10,19H,1-3H3/t7?,8?,10?,12?,13?,14-,15?/m0/s1. The third-order valence-corrected chi connectivity index (χ3v) is 7.01. The van der Waals surface area contributed by atoms with Crippen LogP contribution in [0.5, 0.6) is 0 Å². The highest BCUT2D eigenvalue weighted by Crippen LogP contribution is 2.85. The van der Waals surface area contributed by atoms with E-state index in [2.05, 4.69) is 0 Å². The first-order valence-corrected chi connectivity index (χ1v) is 7.19. The molecule has 2 saturated carbocycles. The number of carbonyl (C=O) groups is 3. The first-order chi connectivity index (χ1) is 10.2. The van der Waals surface area contributed by atoms with E-state index in [4.69, 9.17) is 14.2 Å². The normalized spacial score (nSPS) is 59.5. The molecule has 0 spiro atoms. The molecule has 2 heterocycles. The Labute approximate surface area is 125 Å². The first-order valence-electron chi connectivity index (χ1n) is 7.19. The van der Waals surface area contributed by atoms with Crippen molar-refractivity contribution in [3.8, 4) is 0 Å². The molecular weight excluding hydrogens is 292 g/mol. The number of ether oxygens (including phenoxy) is 3. The number of aliphatic hydroxyl groups is 1. The average Bonchev–Trinajstić information content (AvgIpc) is 2.89. The fraction of sp³-hybridized carbons (Fsp3) is 0.667. The van der Waals surface area contributed by atoms with Crippen molar-refractivity contribution in [2.45, 2.75) is 31.2 Å². The summed E-state index contributed by atoms with van der Waals surface area (Å²) in [7, 11) is 1.40. The van der Waals surface area contributed by atoms with Crippen LogP contribution in [0, 0.1) is 22.7 Å². The minimum atomic E-state index is -2.03. The number of ketones is 1. The minimum absolute atomic E-state index is 0.297. The molecule has 2 saturated heterocycles. The molecule has 4 fully saturated rings. The topological polar surface area (TPSA) is 99.1 Å². The second-order valence-electron chi connectivity index (χ2n) is 7.21. The van der Waals surface area contributed by atoms with Crippen LogP contribution in [-0.4, -0.2) is 47.2 Å². The zero-order chi connectivity index (χ0) is 15.9. The maximum Gasteiger partial charge on any atom is 0.343 e. The van der Waals surface area contributed by atoms with Crippen molar-refractivity contribution in [1.29, 1.82) is 0 Å². The molecule has 0 aromatic heterocycles. The lowest BCUT2D eigenvalue weighted by atomic mass is 9.58. The van der Waals surface area contributed by atoms with E-state index in [0.29, 0.717) is 5.76 Å². The lowest BCUT2D eigenvalue weighted by Crippen LogP contribution is -2.62. The lowest BCUT2D eigenvalue weighted by molar-refractivity contribution is -0.204. The molecule has 116 valence electrons. The summed E-state index contributed by atoms with van der Waals surface area (Å²) in [6.07, 6.45) is 0.235. The summed E-state index contributed by atoms with van der Waals surface area (Å²) >= 11 is 0. The Morgan fingerprint density at radius 2 is 1.91 bits per heavy atom. The van der Waals surface area contributed by atoms with Gasteiger partial charge in [-0.3, -0.25) is 9.59 Å². The maximum atomic E-state index is 12.9. The van der Waals surface area contributed by atoms with Gasteiger partial charge in [0.15, 0.2) is 11.7 Å². The van der Waals surface area contributed by atoms with Crippen molar-refractivity contribution < 1.29 is 33.7 Å². The summed E-state index contributed by atoms with van der Waals surface area (Å²) in [5.41, 5.74) is -5.95. The van der Waals surface area contributed by atoms with Crippen LogP contribution in [0.1, 0.15) is 13.8 Å². The summed E-state index contributed by atoms with van der Waals surface area (Å²) in [6, 6.07) is 0. The van der Waals surface area contributed by atoms with Gasteiger partial charge in [0, 0.05) is 12.0 Å². The predicted molar refractivity (Wildman–Crippen MR) is 66.9 cm³/mol. The highest BCUT2D eigenvalue weighted by atomic mass is 16.6. The van der Waals surface area contributed by atoms with E-state index in [9.17, 15) is 19.5 Å². The summed E-state index contributed by atoms with van der Waals surface area (Å²) in [5, 5.41) is 11.2. The molecule has 2 aliphatic heterocycles. The van der Waals surface area contributed by atoms with Gasteiger partial charge in [-0.15, -0.1) is 0 Å². The van der Waals surface area contributed by atoms with E-state index in [1.54, 1.807) is 13.8 Å². The molecule has 7 nitrogen and oxygen atoms in total. The largest absolute Gasteiger partial charge is 0.501 e. The Kier molecular flexibility index (Phi) is 1.62. The number of hydrogen-bond donors (Lipinski definition) is 1. The van der Waals surface area contributed by atoms with E-state index < -0.39 is 57.7 Å². The number of methoxy groups -OCH3 is 1. The van der Waals surface area contributed by atoms with Crippen LogP contribution in [0.4, 0.5) is 0 Å². The highest BCUT2D eigenvalue weighted by molar-refractivity contribution is 6.10. The molecule has 5 rings (SSSR count). The molecule has 0 radical (unpaired) electrons. The molecule has 0 aromatic rings. The summed E-state index contributed by atoms with van der Waals surface area (Å²) < 4.78 is 16.1. The van der Waals surface area contributed by atoms with Crippen LogP contribution in [-0.2, 0) is 28.6 Å². The summed E-state index contributed by atoms with van der Waals surface area (Å²) in [6.45, 7) is 3.33. The van der Waals surface area contributed by atoms with Crippen molar-refractivity contribution in [2.75, 3.05) is 7.11 Å². The van der Waals surface area contributed by atoms with Gasteiger partial charge in [-0.25, -0.2) is 4.79 Å². The van der Waals surface area contributed by atoms with Gasteiger partial charge in [-0.05, 0) is 0 Å². The van der Waals surface area contributed by atoms with Crippen LogP contribution in [0.3, 0.4) is 0 Å². The van der Waals surface area contributed by atoms with Crippen molar-refractivity contribution in [2.24, 2.45) is 22.7 Å². The van der Waals surface area contributed by atoms with Crippen LogP contribution >= 0.6 is 0 Å². The van der Waals surface area contributed by atoms with Crippen LogP contribution in [0.25, 0.3) is 0 Å². The monoisotopic (exact) mass is 306 g/mol. The van der Waals surface area contributed by atoms with Crippen molar-refractivity contribution in [3.05, 3.63) is 11.8 Å². The van der Waals surface area contributed by atoms with E-state index in [-0.39, 0.29) is 0 Å².